The molecular weight excluding hydrogens is 248 g/mol. The Morgan fingerprint density at radius 2 is 2.06 bits per heavy atom. The predicted octanol–water partition coefficient (Wildman–Crippen LogP) is 2.76. The van der Waals surface area contributed by atoms with E-state index in [0.717, 1.165) is 24.7 Å². The lowest BCUT2D eigenvalue weighted by Gasteiger charge is -2.30. The van der Waals surface area contributed by atoms with E-state index in [-0.39, 0.29) is 0 Å². The Hall–Kier alpha value is -1.06. The fourth-order valence-electron chi connectivity index (χ4n) is 3.17. The van der Waals surface area contributed by atoms with E-state index >= 15 is 0 Å². The van der Waals surface area contributed by atoms with E-state index in [2.05, 4.69) is 22.2 Å². The molecule has 1 unspecified atom stereocenters. The fourth-order valence-corrected chi connectivity index (χ4v) is 3.30. The van der Waals surface area contributed by atoms with Crippen LogP contribution in [0.4, 0.5) is 0 Å². The summed E-state index contributed by atoms with van der Waals surface area (Å²) in [5, 5.41) is 5.01. The van der Waals surface area contributed by atoms with Crippen LogP contribution in [0.1, 0.15) is 17.9 Å². The van der Waals surface area contributed by atoms with Gasteiger partial charge in [-0.15, -0.1) is 0 Å². The zero-order valence-corrected chi connectivity index (χ0v) is 11.2. The van der Waals surface area contributed by atoms with Crippen molar-refractivity contribution in [2.75, 3.05) is 26.7 Å². The van der Waals surface area contributed by atoms with E-state index in [1.165, 1.54) is 17.7 Å². The van der Waals surface area contributed by atoms with Gasteiger partial charge in [0.25, 0.3) is 0 Å². The number of hydrogen-bond acceptors (Lipinski definition) is 3. The van der Waals surface area contributed by atoms with E-state index in [9.17, 15) is 0 Å². The molecule has 2 aliphatic rings. The fraction of sp³-hybridized carbons (Fsp3) is 0.500. The number of halogens is 1. The molecule has 0 spiro atoms. The highest BCUT2D eigenvalue weighted by molar-refractivity contribution is 6.30. The van der Waals surface area contributed by atoms with Crippen molar-refractivity contribution < 1.29 is 4.84 Å². The molecule has 0 saturated carbocycles. The van der Waals surface area contributed by atoms with E-state index in [1.807, 2.05) is 12.1 Å². The second-order valence-electron chi connectivity index (χ2n) is 5.05. The lowest BCUT2D eigenvalue weighted by Crippen LogP contribution is -2.31. The first-order valence-electron chi connectivity index (χ1n) is 6.35. The molecule has 2 bridgehead atoms. The highest BCUT2D eigenvalue weighted by atomic mass is 35.5. The zero-order chi connectivity index (χ0) is 12.5. The first-order chi connectivity index (χ1) is 8.78. The van der Waals surface area contributed by atoms with Gasteiger partial charge in [-0.3, -0.25) is 4.90 Å². The first-order valence-corrected chi connectivity index (χ1v) is 6.73. The molecule has 2 aliphatic heterocycles. The van der Waals surface area contributed by atoms with Gasteiger partial charge in [-0.2, -0.15) is 0 Å². The van der Waals surface area contributed by atoms with Gasteiger partial charge in [0.15, 0.2) is 0 Å². The van der Waals surface area contributed by atoms with Gasteiger partial charge in [0.1, 0.15) is 7.11 Å². The molecule has 2 saturated heterocycles. The normalized spacial score (nSPS) is 32.8. The molecule has 18 heavy (non-hydrogen) atoms. The van der Waals surface area contributed by atoms with Crippen molar-refractivity contribution in [1.29, 1.82) is 0 Å². The molecule has 96 valence electrons. The van der Waals surface area contributed by atoms with Crippen molar-refractivity contribution in [1.82, 2.24) is 4.90 Å². The minimum atomic E-state index is 0.500. The minimum absolute atomic E-state index is 0.500. The third-order valence-electron chi connectivity index (χ3n) is 4.02. The minimum Gasteiger partial charge on any atom is -0.399 e. The van der Waals surface area contributed by atoms with Crippen molar-refractivity contribution in [3.8, 4) is 0 Å². The zero-order valence-electron chi connectivity index (χ0n) is 10.5. The molecule has 2 fully saturated rings. The number of rotatable bonds is 2. The molecule has 1 aromatic rings. The Morgan fingerprint density at radius 3 is 2.78 bits per heavy atom. The maximum Gasteiger partial charge on any atom is 0.106 e. The Kier molecular flexibility index (Phi) is 3.27. The summed E-state index contributed by atoms with van der Waals surface area (Å²) < 4.78 is 0. The predicted molar refractivity (Wildman–Crippen MR) is 73.2 cm³/mol. The second kappa shape index (κ2) is 4.90. The first kappa shape index (κ1) is 12.0. The van der Waals surface area contributed by atoms with Crippen LogP contribution in [-0.4, -0.2) is 37.4 Å². The third kappa shape index (κ3) is 2.13. The topological polar surface area (TPSA) is 24.8 Å². The van der Waals surface area contributed by atoms with Crippen LogP contribution < -0.4 is 0 Å². The Balaban J connectivity index is 1.88. The molecule has 3 nitrogen and oxygen atoms in total. The van der Waals surface area contributed by atoms with Crippen molar-refractivity contribution in [2.24, 2.45) is 11.1 Å². The number of nitrogens with zero attached hydrogens (tertiary/aromatic N) is 2. The van der Waals surface area contributed by atoms with E-state index < -0.39 is 0 Å². The van der Waals surface area contributed by atoms with E-state index in [1.54, 1.807) is 7.11 Å². The summed E-state index contributed by atoms with van der Waals surface area (Å²) in [6.45, 7) is 3.21. The van der Waals surface area contributed by atoms with Crippen LogP contribution in [0.15, 0.2) is 29.4 Å². The molecule has 4 heteroatoms. The molecule has 0 aliphatic carbocycles. The van der Waals surface area contributed by atoms with Gasteiger partial charge >= 0.3 is 0 Å². The van der Waals surface area contributed by atoms with Crippen LogP contribution in [0.5, 0.6) is 0 Å². The Morgan fingerprint density at radius 1 is 1.28 bits per heavy atom. The van der Waals surface area contributed by atoms with E-state index in [0.29, 0.717) is 11.8 Å². The summed E-state index contributed by atoms with van der Waals surface area (Å²) in [4.78, 5) is 7.43. The van der Waals surface area contributed by atoms with Gasteiger partial charge in [0.05, 0.1) is 5.71 Å². The Labute approximate surface area is 112 Å². The average Bonchev–Trinajstić information content (AvgIpc) is 2.69. The van der Waals surface area contributed by atoms with Crippen LogP contribution in [0, 0.1) is 5.92 Å². The van der Waals surface area contributed by atoms with Crippen molar-refractivity contribution in [3.05, 3.63) is 34.9 Å². The van der Waals surface area contributed by atoms with E-state index in [4.69, 9.17) is 16.4 Å². The van der Waals surface area contributed by atoms with Crippen LogP contribution in [-0.2, 0) is 4.84 Å². The molecule has 3 rings (SSSR count). The van der Waals surface area contributed by atoms with Gasteiger partial charge in [-0.25, -0.2) is 0 Å². The van der Waals surface area contributed by atoms with Crippen LogP contribution in [0.2, 0.25) is 5.02 Å². The van der Waals surface area contributed by atoms with Gasteiger partial charge in [-0.1, -0.05) is 28.9 Å². The lowest BCUT2D eigenvalue weighted by atomic mass is 9.81. The maximum absolute atomic E-state index is 5.96. The van der Waals surface area contributed by atoms with Crippen molar-refractivity contribution in [3.63, 3.8) is 0 Å². The molecule has 0 N–H and O–H groups in total. The van der Waals surface area contributed by atoms with Crippen LogP contribution >= 0.6 is 11.6 Å². The summed E-state index contributed by atoms with van der Waals surface area (Å²) in [6.07, 6.45) is 1.19. The summed E-state index contributed by atoms with van der Waals surface area (Å²) in [5.41, 5.74) is 2.56. The maximum atomic E-state index is 5.96. The lowest BCUT2D eigenvalue weighted by molar-refractivity contribution is 0.210. The summed E-state index contributed by atoms with van der Waals surface area (Å²) in [6, 6.07) is 8.24. The molecule has 1 aromatic carbocycles. The molecule has 2 heterocycles. The number of piperidine rings is 1. The smallest absolute Gasteiger partial charge is 0.106 e. The van der Waals surface area contributed by atoms with Gasteiger partial charge in [0.2, 0.25) is 0 Å². The highest BCUT2D eigenvalue weighted by Gasteiger charge is 2.40. The molecule has 0 aromatic heterocycles. The third-order valence-corrected chi connectivity index (χ3v) is 4.27. The van der Waals surface area contributed by atoms with Crippen molar-refractivity contribution >= 4 is 17.3 Å². The molecule has 0 amide bonds. The van der Waals surface area contributed by atoms with Crippen LogP contribution in [0.3, 0.4) is 0 Å². The monoisotopic (exact) mass is 264 g/mol. The quantitative estimate of drug-likeness (QED) is 0.768. The molecular formula is C14H17ClN2O. The largest absolute Gasteiger partial charge is 0.399 e. The summed E-state index contributed by atoms with van der Waals surface area (Å²) >= 11 is 5.96. The number of oxime groups is 1. The second-order valence-corrected chi connectivity index (χ2v) is 5.49. The number of fused-ring (bicyclic) bond motifs is 2. The Bertz CT molecular complexity index is 457. The van der Waals surface area contributed by atoms with Crippen molar-refractivity contribution in [2.45, 2.75) is 12.3 Å². The van der Waals surface area contributed by atoms with Gasteiger partial charge < -0.3 is 4.84 Å². The summed E-state index contributed by atoms with van der Waals surface area (Å²) in [5.74, 6) is 1.05. The molecule has 0 radical (unpaired) electrons. The van der Waals surface area contributed by atoms with Gasteiger partial charge in [0, 0.05) is 24.0 Å². The van der Waals surface area contributed by atoms with Gasteiger partial charge in [-0.05, 0) is 36.6 Å². The highest BCUT2D eigenvalue weighted by Crippen LogP contribution is 2.38. The summed E-state index contributed by atoms with van der Waals surface area (Å²) in [7, 11) is 1.63. The standard InChI is InChI=1S/C14H17ClN2O/c1-18-16-14-9-17-7-6-12(13(14)8-17)10-2-4-11(15)5-3-10/h2-5,12-13H,6-9H2,1H3/b16-14+/t12-,13+/m1/s1. The SMILES string of the molecule is CO/N=C1\CN2CC[C@H](c3ccc(Cl)cc3)[C@@H]1C2. The van der Waals surface area contributed by atoms with Crippen LogP contribution in [0.25, 0.3) is 0 Å². The average molecular weight is 265 g/mol. The molecule has 3 atom stereocenters. The number of benzene rings is 1. The number of hydrogen-bond donors (Lipinski definition) is 0.